The van der Waals surface area contributed by atoms with E-state index in [1.54, 1.807) is 0 Å². The van der Waals surface area contributed by atoms with Crippen molar-refractivity contribution in [2.24, 2.45) is 0 Å². The van der Waals surface area contributed by atoms with E-state index in [2.05, 4.69) is 26.0 Å². The lowest BCUT2D eigenvalue weighted by Crippen LogP contribution is -2.37. The number of quaternary nitrogens is 1. The summed E-state index contributed by atoms with van der Waals surface area (Å²) >= 11 is 0. The van der Waals surface area contributed by atoms with E-state index in [-0.39, 0.29) is 38.1 Å². The number of rotatable bonds is 41. The van der Waals surface area contributed by atoms with Crippen LogP contribution < -0.4 is 0 Å². The fraction of sp³-hybridized carbons (Fsp3) is 0.909. The van der Waals surface area contributed by atoms with Gasteiger partial charge in [0.25, 0.3) is 0 Å². The van der Waals surface area contributed by atoms with E-state index in [1.165, 1.54) is 64.2 Å². The fourth-order valence-electron chi connectivity index (χ4n) is 6.26. The van der Waals surface area contributed by atoms with Crippen LogP contribution in [0.4, 0.5) is 0 Å². The van der Waals surface area contributed by atoms with Crippen LogP contribution in [0.3, 0.4) is 0 Å². The van der Waals surface area contributed by atoms with Gasteiger partial charge in [-0.1, -0.05) is 148 Å². The van der Waals surface area contributed by atoms with E-state index in [4.69, 9.17) is 18.5 Å². The van der Waals surface area contributed by atoms with Gasteiger partial charge in [0.15, 0.2) is 6.10 Å². The van der Waals surface area contributed by atoms with Crippen LogP contribution in [0.5, 0.6) is 0 Å². The number of hydrogen-bond donors (Lipinski definition) is 2. The largest absolute Gasteiger partial charge is 0.472 e. The molecule has 0 fully saturated rings. The number of allylic oxidation sites excluding steroid dienone is 2. The highest BCUT2D eigenvalue weighted by molar-refractivity contribution is 7.47. The molecule has 0 saturated heterocycles. The molecule has 10 nitrogen and oxygen atoms in total. The van der Waals surface area contributed by atoms with Crippen LogP contribution in [-0.4, -0.2) is 86.1 Å². The molecule has 3 unspecified atom stereocenters. The Kier molecular flexibility index (Phi) is 36.1. The first-order valence-electron chi connectivity index (χ1n) is 22.5. The molecule has 11 heteroatoms. The van der Waals surface area contributed by atoms with Gasteiger partial charge in [0.1, 0.15) is 19.8 Å². The van der Waals surface area contributed by atoms with Crippen molar-refractivity contribution in [2.45, 2.75) is 212 Å². The zero-order valence-electron chi connectivity index (χ0n) is 36.3. The number of ether oxygens (including phenoxy) is 2. The van der Waals surface area contributed by atoms with Crippen LogP contribution in [0.2, 0.25) is 0 Å². The van der Waals surface area contributed by atoms with Crippen molar-refractivity contribution in [2.75, 3.05) is 47.5 Å². The molecule has 0 bridgehead atoms. The molecule has 3 atom stereocenters. The van der Waals surface area contributed by atoms with Crippen molar-refractivity contribution in [1.29, 1.82) is 0 Å². The Morgan fingerprint density at radius 2 is 1.04 bits per heavy atom. The van der Waals surface area contributed by atoms with Gasteiger partial charge in [0.2, 0.25) is 0 Å². The van der Waals surface area contributed by atoms with Gasteiger partial charge in [-0.2, -0.15) is 0 Å². The van der Waals surface area contributed by atoms with Crippen molar-refractivity contribution in [3.05, 3.63) is 12.2 Å². The average molecular weight is 805 g/mol. The van der Waals surface area contributed by atoms with E-state index in [1.807, 2.05) is 21.1 Å². The number of phosphoric acid groups is 1. The van der Waals surface area contributed by atoms with Gasteiger partial charge in [0.05, 0.1) is 33.9 Å². The number of carbonyl (C=O) groups is 2. The molecule has 0 aromatic rings. The molecule has 55 heavy (non-hydrogen) atoms. The molecule has 0 amide bonds. The third kappa shape index (κ3) is 40.7. The molecule has 0 aromatic carbocycles. The van der Waals surface area contributed by atoms with Crippen LogP contribution in [0, 0.1) is 0 Å². The average Bonchev–Trinajstić information content (AvgIpc) is 3.13. The van der Waals surface area contributed by atoms with Gasteiger partial charge in [-0.25, -0.2) is 4.57 Å². The van der Waals surface area contributed by atoms with Crippen molar-refractivity contribution >= 4 is 19.8 Å². The number of hydrogen-bond acceptors (Lipinski definition) is 8. The molecule has 326 valence electrons. The van der Waals surface area contributed by atoms with E-state index in [0.29, 0.717) is 17.4 Å². The Labute approximate surface area is 338 Å². The lowest BCUT2D eigenvalue weighted by molar-refractivity contribution is -0.870. The van der Waals surface area contributed by atoms with Crippen molar-refractivity contribution in [3.63, 3.8) is 0 Å². The number of unbranched alkanes of at least 4 members (excludes halogenated alkanes) is 21. The summed E-state index contributed by atoms with van der Waals surface area (Å²) in [6, 6.07) is 0. The van der Waals surface area contributed by atoms with Gasteiger partial charge in [-0.05, 0) is 51.4 Å². The van der Waals surface area contributed by atoms with Gasteiger partial charge < -0.3 is 24.0 Å². The molecule has 0 aliphatic rings. The van der Waals surface area contributed by atoms with Crippen molar-refractivity contribution in [1.82, 2.24) is 0 Å². The maximum Gasteiger partial charge on any atom is 0.472 e. The monoisotopic (exact) mass is 805 g/mol. The molecule has 0 aliphatic carbocycles. The maximum atomic E-state index is 12.7. The number of aliphatic hydroxyl groups excluding tert-OH is 1. The zero-order chi connectivity index (χ0) is 40.9. The molecule has 0 spiro atoms. The second-order valence-corrected chi connectivity index (χ2v) is 18.1. The topological polar surface area (TPSA) is 129 Å². The Hall–Kier alpha value is -1.29. The smallest absolute Gasteiger partial charge is 0.462 e. The molecule has 0 rings (SSSR count). The van der Waals surface area contributed by atoms with E-state index < -0.39 is 26.5 Å². The predicted octanol–water partition coefficient (Wildman–Crippen LogP) is 11.6. The predicted molar refractivity (Wildman–Crippen MR) is 226 cm³/mol. The Morgan fingerprint density at radius 1 is 0.600 bits per heavy atom. The molecule has 0 aliphatic heterocycles. The van der Waals surface area contributed by atoms with E-state index in [0.717, 1.165) is 103 Å². The summed E-state index contributed by atoms with van der Waals surface area (Å²) in [5.74, 6) is -0.836. The van der Waals surface area contributed by atoms with E-state index >= 15 is 0 Å². The maximum absolute atomic E-state index is 12.7. The standard InChI is InChI=1S/C44H86NO9P/c1-6-8-10-12-13-14-15-16-17-18-19-20-24-27-31-35-43(47)51-39-42(40-53-55(49,50)52-38-37-45(3,4)5)54-44(48)36-32-28-25-22-21-23-26-30-34-41(46)33-29-11-9-7-2/h16-17,41-42,46H,6-15,18-40H2,1-5H3/p+1/b17-16-. The van der Waals surface area contributed by atoms with Crippen LogP contribution in [0.15, 0.2) is 12.2 Å². The second kappa shape index (κ2) is 37.0. The minimum absolute atomic E-state index is 0.0228. The third-order valence-corrected chi connectivity index (χ3v) is 10.9. The first kappa shape index (κ1) is 53.7. The summed E-state index contributed by atoms with van der Waals surface area (Å²) in [6.07, 6.45) is 34.1. The summed E-state index contributed by atoms with van der Waals surface area (Å²) in [4.78, 5) is 35.4. The number of phosphoric ester groups is 1. The Bertz CT molecular complexity index is 971. The van der Waals surface area contributed by atoms with Crippen LogP contribution in [-0.2, 0) is 32.7 Å². The summed E-state index contributed by atoms with van der Waals surface area (Å²) in [7, 11) is 1.44. The fourth-order valence-corrected chi connectivity index (χ4v) is 7.01. The van der Waals surface area contributed by atoms with Gasteiger partial charge in [-0.15, -0.1) is 0 Å². The Morgan fingerprint density at radius 3 is 1.55 bits per heavy atom. The lowest BCUT2D eigenvalue weighted by atomic mass is 10.0. The Balaban J connectivity index is 4.37. The highest BCUT2D eigenvalue weighted by Crippen LogP contribution is 2.43. The highest BCUT2D eigenvalue weighted by atomic mass is 31.2. The number of likely N-dealkylation sites (N-methyl/N-ethyl adjacent to an activating group) is 1. The zero-order valence-corrected chi connectivity index (χ0v) is 37.2. The number of aliphatic hydroxyl groups is 1. The normalized spacial score (nSPS) is 14.2. The molecular formula is C44H87NO9P+. The number of esters is 2. The quantitative estimate of drug-likeness (QED) is 0.0204. The summed E-state index contributed by atoms with van der Waals surface area (Å²) in [6.45, 7) is 4.31. The van der Waals surface area contributed by atoms with E-state index in [9.17, 15) is 24.2 Å². The number of carbonyl (C=O) groups excluding carboxylic acids is 2. The van der Waals surface area contributed by atoms with Crippen molar-refractivity contribution in [3.8, 4) is 0 Å². The molecule has 0 saturated carbocycles. The molecule has 0 radical (unpaired) electrons. The van der Waals surface area contributed by atoms with Crippen molar-refractivity contribution < 1.29 is 47.2 Å². The van der Waals surface area contributed by atoms with Gasteiger partial charge in [0, 0.05) is 12.8 Å². The minimum atomic E-state index is -4.38. The van der Waals surface area contributed by atoms with Gasteiger partial charge >= 0.3 is 19.8 Å². The van der Waals surface area contributed by atoms with Crippen LogP contribution in [0.25, 0.3) is 0 Å². The van der Waals surface area contributed by atoms with Gasteiger partial charge in [-0.3, -0.25) is 18.6 Å². The van der Waals surface area contributed by atoms with Crippen LogP contribution in [0.1, 0.15) is 200 Å². The SMILES string of the molecule is CCCCCCCC/C=C\CCCCCCCC(=O)OCC(COP(=O)(O)OCC[N+](C)(C)C)OC(=O)CCCCCCCCCCC(O)CCCCCC. The minimum Gasteiger partial charge on any atom is -0.462 e. The lowest BCUT2D eigenvalue weighted by Gasteiger charge is -2.24. The summed E-state index contributed by atoms with van der Waals surface area (Å²) in [5, 5.41) is 10.1. The molecular weight excluding hydrogens is 717 g/mol. The molecule has 0 heterocycles. The summed E-state index contributed by atoms with van der Waals surface area (Å²) < 4.78 is 34.3. The van der Waals surface area contributed by atoms with Crippen LogP contribution >= 0.6 is 7.82 Å². The number of nitrogens with zero attached hydrogens (tertiary/aromatic N) is 1. The third-order valence-electron chi connectivity index (χ3n) is 9.87. The molecule has 0 aromatic heterocycles. The first-order chi connectivity index (χ1) is 26.4. The second-order valence-electron chi connectivity index (χ2n) is 16.6. The summed E-state index contributed by atoms with van der Waals surface area (Å²) in [5.41, 5.74) is 0. The highest BCUT2D eigenvalue weighted by Gasteiger charge is 2.27. The first-order valence-corrected chi connectivity index (χ1v) is 24.0. The molecule has 2 N–H and O–H groups in total.